The number of benzene rings is 1. The lowest BCUT2D eigenvalue weighted by Gasteiger charge is -2.25. The second-order valence-corrected chi connectivity index (χ2v) is 4.95. The fourth-order valence-corrected chi connectivity index (χ4v) is 2.53. The van der Waals surface area contributed by atoms with Gasteiger partial charge in [-0.25, -0.2) is 4.79 Å². The standard InChI is InChI=1S/C14H14O5/c15-10-4-1-8(2-5-10)14-18-11-6-3-9(13(16)17)7-12(11)19-14/h3,6-8,14H,1-2,4-5H2,(H,16,17). The Morgan fingerprint density at radius 1 is 1.16 bits per heavy atom. The van der Waals surface area contributed by atoms with Gasteiger partial charge in [-0.2, -0.15) is 0 Å². The van der Waals surface area contributed by atoms with Crippen molar-refractivity contribution in [2.45, 2.75) is 32.0 Å². The molecule has 0 amide bonds. The van der Waals surface area contributed by atoms with Crippen LogP contribution in [0.2, 0.25) is 0 Å². The lowest BCUT2D eigenvalue weighted by atomic mass is 9.88. The number of aromatic carboxylic acids is 1. The van der Waals surface area contributed by atoms with Crippen molar-refractivity contribution in [1.82, 2.24) is 0 Å². The predicted molar refractivity (Wildman–Crippen MR) is 65.4 cm³/mol. The SMILES string of the molecule is O=C1CCC(C2Oc3ccc(C(=O)O)cc3O2)CC1. The number of Topliss-reactive ketones (excluding diaryl/α,β-unsaturated/α-hetero) is 1. The lowest BCUT2D eigenvalue weighted by Crippen LogP contribution is -2.32. The minimum Gasteiger partial charge on any atom is -0.478 e. The summed E-state index contributed by atoms with van der Waals surface area (Å²) in [6, 6.07) is 4.59. The molecule has 0 saturated heterocycles. The molecule has 1 atom stereocenters. The summed E-state index contributed by atoms with van der Waals surface area (Å²) in [7, 11) is 0. The highest BCUT2D eigenvalue weighted by Gasteiger charge is 2.34. The molecule has 5 heteroatoms. The molecule has 0 spiro atoms. The fraction of sp³-hybridized carbons (Fsp3) is 0.429. The molecule has 19 heavy (non-hydrogen) atoms. The average molecular weight is 262 g/mol. The summed E-state index contributed by atoms with van der Waals surface area (Å²) in [5.41, 5.74) is 0.182. The molecule has 1 saturated carbocycles. The van der Waals surface area contributed by atoms with Crippen LogP contribution in [0.1, 0.15) is 36.0 Å². The normalized spacial score (nSPS) is 22.5. The number of fused-ring (bicyclic) bond motifs is 1. The van der Waals surface area contributed by atoms with Crippen molar-refractivity contribution in [2.75, 3.05) is 0 Å². The smallest absolute Gasteiger partial charge is 0.335 e. The van der Waals surface area contributed by atoms with Gasteiger partial charge in [0.15, 0.2) is 11.5 Å². The molecule has 1 aliphatic carbocycles. The van der Waals surface area contributed by atoms with Gasteiger partial charge < -0.3 is 14.6 Å². The Hall–Kier alpha value is -2.04. The molecule has 1 heterocycles. The first-order valence-electron chi connectivity index (χ1n) is 6.36. The van der Waals surface area contributed by atoms with Crippen LogP contribution in [0.4, 0.5) is 0 Å². The molecule has 0 bridgehead atoms. The van der Waals surface area contributed by atoms with Crippen molar-refractivity contribution in [1.29, 1.82) is 0 Å². The van der Waals surface area contributed by atoms with Gasteiger partial charge in [0.2, 0.25) is 6.29 Å². The number of hydrogen-bond donors (Lipinski definition) is 1. The number of rotatable bonds is 2. The van der Waals surface area contributed by atoms with Crippen LogP contribution in [0.3, 0.4) is 0 Å². The number of ketones is 1. The Balaban J connectivity index is 1.73. The van der Waals surface area contributed by atoms with Gasteiger partial charge >= 0.3 is 5.97 Å². The Morgan fingerprint density at radius 2 is 1.84 bits per heavy atom. The molecule has 1 unspecified atom stereocenters. The van der Waals surface area contributed by atoms with Crippen LogP contribution in [0.25, 0.3) is 0 Å². The van der Waals surface area contributed by atoms with Crippen molar-refractivity contribution < 1.29 is 24.2 Å². The number of hydrogen-bond acceptors (Lipinski definition) is 4. The fourth-order valence-electron chi connectivity index (χ4n) is 2.53. The van der Waals surface area contributed by atoms with Crippen LogP contribution in [0, 0.1) is 5.92 Å². The summed E-state index contributed by atoms with van der Waals surface area (Å²) in [4.78, 5) is 22.1. The monoisotopic (exact) mass is 262 g/mol. The van der Waals surface area contributed by atoms with Gasteiger partial charge in [-0.15, -0.1) is 0 Å². The zero-order valence-electron chi connectivity index (χ0n) is 10.3. The Bertz CT molecular complexity index is 527. The third-order valence-corrected chi connectivity index (χ3v) is 3.65. The van der Waals surface area contributed by atoms with E-state index in [2.05, 4.69) is 0 Å². The topological polar surface area (TPSA) is 72.8 Å². The molecular weight excluding hydrogens is 248 g/mol. The first-order valence-corrected chi connectivity index (χ1v) is 6.36. The molecule has 0 radical (unpaired) electrons. The average Bonchev–Trinajstić information content (AvgIpc) is 2.82. The highest BCUT2D eigenvalue weighted by molar-refractivity contribution is 5.88. The largest absolute Gasteiger partial charge is 0.478 e. The number of carbonyl (C=O) groups excluding carboxylic acids is 1. The van der Waals surface area contributed by atoms with Crippen LogP contribution in [-0.2, 0) is 4.79 Å². The van der Waals surface area contributed by atoms with E-state index in [1.807, 2.05) is 0 Å². The molecule has 0 aromatic heterocycles. The molecule has 1 aromatic carbocycles. The van der Waals surface area contributed by atoms with E-state index in [0.29, 0.717) is 30.1 Å². The van der Waals surface area contributed by atoms with Gasteiger partial charge in [-0.3, -0.25) is 4.79 Å². The molecule has 1 aromatic rings. The zero-order valence-corrected chi connectivity index (χ0v) is 10.3. The minimum atomic E-state index is -0.988. The predicted octanol–water partition coefficient (Wildman–Crippen LogP) is 2.24. The number of carbonyl (C=O) groups is 2. The quantitative estimate of drug-likeness (QED) is 0.884. The van der Waals surface area contributed by atoms with Gasteiger partial charge in [0.05, 0.1) is 5.56 Å². The van der Waals surface area contributed by atoms with Gasteiger partial charge in [-0.05, 0) is 31.0 Å². The number of ether oxygens (including phenoxy) is 2. The third kappa shape index (κ3) is 2.28. The first-order chi connectivity index (χ1) is 9.13. The molecule has 1 fully saturated rings. The van der Waals surface area contributed by atoms with Crippen molar-refractivity contribution in [2.24, 2.45) is 5.92 Å². The van der Waals surface area contributed by atoms with Crippen molar-refractivity contribution >= 4 is 11.8 Å². The molecule has 100 valence electrons. The Labute approximate surface area is 110 Å². The van der Waals surface area contributed by atoms with E-state index in [1.54, 1.807) is 6.07 Å². The first kappa shape index (κ1) is 12.0. The van der Waals surface area contributed by atoms with Crippen LogP contribution in [-0.4, -0.2) is 23.1 Å². The van der Waals surface area contributed by atoms with Crippen molar-refractivity contribution in [3.05, 3.63) is 23.8 Å². The van der Waals surface area contributed by atoms with E-state index in [1.165, 1.54) is 12.1 Å². The van der Waals surface area contributed by atoms with Crippen molar-refractivity contribution in [3.8, 4) is 11.5 Å². The van der Waals surface area contributed by atoms with Crippen LogP contribution >= 0.6 is 0 Å². The summed E-state index contributed by atoms with van der Waals surface area (Å²) in [5.74, 6) is 0.546. The van der Waals surface area contributed by atoms with Gasteiger partial charge in [0, 0.05) is 18.8 Å². The second kappa shape index (κ2) is 4.57. The van der Waals surface area contributed by atoms with Crippen LogP contribution < -0.4 is 9.47 Å². The van der Waals surface area contributed by atoms with Crippen molar-refractivity contribution in [3.63, 3.8) is 0 Å². The van der Waals surface area contributed by atoms with E-state index < -0.39 is 12.3 Å². The number of carboxylic acids is 1. The molecular formula is C14H14O5. The summed E-state index contributed by atoms with van der Waals surface area (Å²) in [6.07, 6.45) is 2.29. The third-order valence-electron chi connectivity index (χ3n) is 3.65. The molecule has 5 nitrogen and oxygen atoms in total. The summed E-state index contributed by atoms with van der Waals surface area (Å²) < 4.78 is 11.4. The van der Waals surface area contributed by atoms with Gasteiger partial charge in [0.25, 0.3) is 0 Å². The highest BCUT2D eigenvalue weighted by atomic mass is 16.7. The minimum absolute atomic E-state index is 0.182. The summed E-state index contributed by atoms with van der Waals surface area (Å²) >= 11 is 0. The molecule has 2 aliphatic rings. The zero-order chi connectivity index (χ0) is 13.4. The number of carboxylic acid groups (broad SMARTS) is 1. The highest BCUT2D eigenvalue weighted by Crippen LogP contribution is 2.40. The van der Waals surface area contributed by atoms with E-state index >= 15 is 0 Å². The Kier molecular flexibility index (Phi) is 2.89. The maximum Gasteiger partial charge on any atom is 0.335 e. The van der Waals surface area contributed by atoms with Crippen LogP contribution in [0.5, 0.6) is 11.5 Å². The Morgan fingerprint density at radius 3 is 2.53 bits per heavy atom. The van der Waals surface area contributed by atoms with E-state index in [9.17, 15) is 9.59 Å². The maximum atomic E-state index is 11.2. The molecule has 3 rings (SSSR count). The molecule has 1 aliphatic heterocycles. The van der Waals surface area contributed by atoms with Crippen LogP contribution in [0.15, 0.2) is 18.2 Å². The van der Waals surface area contributed by atoms with E-state index in [4.69, 9.17) is 14.6 Å². The molecule has 1 N–H and O–H groups in total. The summed E-state index contributed by atoms with van der Waals surface area (Å²) in [6.45, 7) is 0. The second-order valence-electron chi connectivity index (χ2n) is 4.95. The maximum absolute atomic E-state index is 11.2. The van der Waals surface area contributed by atoms with Gasteiger partial charge in [0.1, 0.15) is 5.78 Å². The lowest BCUT2D eigenvalue weighted by molar-refractivity contribution is -0.122. The van der Waals surface area contributed by atoms with E-state index in [-0.39, 0.29) is 11.5 Å². The van der Waals surface area contributed by atoms with Gasteiger partial charge in [-0.1, -0.05) is 0 Å². The summed E-state index contributed by atoms with van der Waals surface area (Å²) in [5, 5.41) is 8.93. The van der Waals surface area contributed by atoms with E-state index in [0.717, 1.165) is 12.8 Å².